The highest BCUT2D eigenvalue weighted by Gasteiger charge is 2.01. The number of nitrogens with two attached hydrogens (primary N) is 1. The van der Waals surface area contributed by atoms with Gasteiger partial charge in [-0.1, -0.05) is 18.2 Å². The van der Waals surface area contributed by atoms with Crippen molar-refractivity contribution in [2.75, 3.05) is 18.9 Å². The van der Waals surface area contributed by atoms with E-state index < -0.39 is 0 Å². The van der Waals surface area contributed by atoms with Crippen LogP contribution in [0.15, 0.2) is 42.5 Å². The molecule has 0 spiro atoms. The quantitative estimate of drug-likeness (QED) is 0.608. The number of rotatable bonds is 7. The maximum atomic E-state index is 12.8. The molecule has 0 aliphatic carbocycles. The second-order valence-electron chi connectivity index (χ2n) is 4.86. The molecule has 2 rings (SSSR count). The second kappa shape index (κ2) is 7.64. The number of nitrogen functional groups attached to an aromatic ring is 1. The smallest absolute Gasteiger partial charge is 0.142 e. The fraction of sp³-hybridized carbons (Fsp3) is 0.294. The molecular weight excluding hydrogens is 267 g/mol. The Morgan fingerprint density at radius 2 is 1.81 bits per heavy atom. The summed E-state index contributed by atoms with van der Waals surface area (Å²) in [7, 11) is 0. The van der Waals surface area contributed by atoms with E-state index in [-0.39, 0.29) is 5.82 Å². The Morgan fingerprint density at radius 3 is 2.48 bits per heavy atom. The van der Waals surface area contributed by atoms with E-state index in [1.54, 1.807) is 12.1 Å². The maximum Gasteiger partial charge on any atom is 0.142 e. The Hall–Kier alpha value is -2.07. The van der Waals surface area contributed by atoms with Crippen molar-refractivity contribution in [3.05, 3.63) is 59.4 Å². The van der Waals surface area contributed by atoms with Crippen LogP contribution in [0.4, 0.5) is 10.1 Å². The Bertz CT molecular complexity index is 570. The van der Waals surface area contributed by atoms with Gasteiger partial charge in [-0.25, -0.2) is 4.39 Å². The number of nitrogens with one attached hydrogen (secondary N) is 1. The number of hydrogen-bond acceptors (Lipinski definition) is 3. The van der Waals surface area contributed by atoms with E-state index in [1.165, 1.54) is 17.7 Å². The zero-order valence-corrected chi connectivity index (χ0v) is 12.2. The molecule has 112 valence electrons. The minimum absolute atomic E-state index is 0.205. The van der Waals surface area contributed by atoms with Crippen molar-refractivity contribution in [2.45, 2.75) is 19.9 Å². The van der Waals surface area contributed by atoms with Gasteiger partial charge in [0.2, 0.25) is 0 Å². The van der Waals surface area contributed by atoms with Crippen molar-refractivity contribution in [2.24, 2.45) is 0 Å². The molecule has 3 N–H and O–H groups in total. The van der Waals surface area contributed by atoms with Gasteiger partial charge in [0.1, 0.15) is 11.6 Å². The molecule has 0 saturated carbocycles. The largest absolute Gasteiger partial charge is 0.492 e. The molecule has 0 aliphatic heterocycles. The van der Waals surface area contributed by atoms with Crippen LogP contribution in [0.3, 0.4) is 0 Å². The lowest BCUT2D eigenvalue weighted by atomic mass is 10.1. The van der Waals surface area contributed by atoms with Crippen molar-refractivity contribution in [1.82, 2.24) is 5.32 Å². The van der Waals surface area contributed by atoms with Gasteiger partial charge in [-0.3, -0.25) is 0 Å². The van der Waals surface area contributed by atoms with Crippen LogP contribution in [0.2, 0.25) is 0 Å². The number of anilines is 1. The topological polar surface area (TPSA) is 47.3 Å². The fourth-order valence-corrected chi connectivity index (χ4v) is 2.11. The molecule has 0 aliphatic rings. The van der Waals surface area contributed by atoms with Gasteiger partial charge >= 0.3 is 0 Å². The van der Waals surface area contributed by atoms with Crippen LogP contribution >= 0.6 is 0 Å². The molecule has 0 atom stereocenters. The van der Waals surface area contributed by atoms with E-state index in [0.29, 0.717) is 12.3 Å². The highest BCUT2D eigenvalue weighted by molar-refractivity contribution is 5.54. The van der Waals surface area contributed by atoms with Gasteiger partial charge in [-0.05, 0) is 55.3 Å². The van der Waals surface area contributed by atoms with Crippen molar-refractivity contribution >= 4 is 5.69 Å². The van der Waals surface area contributed by atoms with Crippen LogP contribution in [0.1, 0.15) is 18.1 Å². The van der Waals surface area contributed by atoms with Gasteiger partial charge in [0.05, 0.1) is 12.3 Å². The van der Waals surface area contributed by atoms with Gasteiger partial charge in [-0.2, -0.15) is 0 Å². The number of hydrogen-bond donors (Lipinski definition) is 2. The average Bonchev–Trinajstić information content (AvgIpc) is 2.48. The standard InChI is InChI=1S/C17H21FN2O/c1-2-21-17-8-5-13(11-16(17)19)9-10-20-12-14-3-6-15(18)7-4-14/h3-8,11,20H,2,9-10,12,19H2,1H3. The summed E-state index contributed by atoms with van der Waals surface area (Å²) in [5, 5.41) is 3.33. The van der Waals surface area contributed by atoms with E-state index >= 15 is 0 Å². The van der Waals surface area contributed by atoms with Crippen LogP contribution in [0, 0.1) is 5.82 Å². The predicted octanol–water partition coefficient (Wildman–Crippen LogP) is 3.14. The minimum Gasteiger partial charge on any atom is -0.492 e. The summed E-state index contributed by atoms with van der Waals surface area (Å²) >= 11 is 0. The van der Waals surface area contributed by atoms with Crippen LogP contribution in [0.25, 0.3) is 0 Å². The lowest BCUT2D eigenvalue weighted by Crippen LogP contribution is -2.16. The first kappa shape index (κ1) is 15.3. The third-order valence-corrected chi connectivity index (χ3v) is 3.21. The molecule has 0 unspecified atom stereocenters. The van der Waals surface area contributed by atoms with Crippen molar-refractivity contribution in [3.8, 4) is 5.75 Å². The Balaban J connectivity index is 1.78. The lowest BCUT2D eigenvalue weighted by molar-refractivity contribution is 0.342. The predicted molar refractivity (Wildman–Crippen MR) is 83.8 cm³/mol. The summed E-state index contributed by atoms with van der Waals surface area (Å²) in [6.45, 7) is 4.12. The summed E-state index contributed by atoms with van der Waals surface area (Å²) in [5.74, 6) is 0.532. The van der Waals surface area contributed by atoms with Crippen LogP contribution < -0.4 is 15.8 Å². The molecule has 0 heterocycles. The first-order valence-corrected chi connectivity index (χ1v) is 7.15. The van der Waals surface area contributed by atoms with Gasteiger partial charge in [0, 0.05) is 6.54 Å². The molecule has 0 amide bonds. The molecule has 21 heavy (non-hydrogen) atoms. The number of benzene rings is 2. The highest BCUT2D eigenvalue weighted by atomic mass is 19.1. The fourth-order valence-electron chi connectivity index (χ4n) is 2.11. The van der Waals surface area contributed by atoms with E-state index in [4.69, 9.17) is 10.5 Å². The summed E-state index contributed by atoms with van der Waals surface area (Å²) < 4.78 is 18.2. The summed E-state index contributed by atoms with van der Waals surface area (Å²) in [4.78, 5) is 0. The molecule has 0 bridgehead atoms. The molecule has 0 radical (unpaired) electrons. The number of ether oxygens (including phenoxy) is 1. The zero-order valence-electron chi connectivity index (χ0n) is 12.2. The molecule has 0 fully saturated rings. The van der Waals surface area contributed by atoms with Crippen molar-refractivity contribution in [1.29, 1.82) is 0 Å². The summed E-state index contributed by atoms with van der Waals surface area (Å²) in [6, 6.07) is 12.4. The van der Waals surface area contributed by atoms with Gasteiger partial charge < -0.3 is 15.8 Å². The van der Waals surface area contributed by atoms with E-state index in [9.17, 15) is 4.39 Å². The molecule has 0 aromatic heterocycles. The molecule has 2 aromatic carbocycles. The molecule has 3 nitrogen and oxygen atoms in total. The monoisotopic (exact) mass is 288 g/mol. The van der Waals surface area contributed by atoms with Crippen LogP contribution in [-0.4, -0.2) is 13.2 Å². The third kappa shape index (κ3) is 4.76. The minimum atomic E-state index is -0.205. The molecule has 4 heteroatoms. The van der Waals surface area contributed by atoms with Gasteiger partial charge in [-0.15, -0.1) is 0 Å². The number of halogens is 1. The van der Waals surface area contributed by atoms with Crippen molar-refractivity contribution < 1.29 is 9.13 Å². The first-order valence-electron chi connectivity index (χ1n) is 7.15. The lowest BCUT2D eigenvalue weighted by Gasteiger charge is -2.09. The SMILES string of the molecule is CCOc1ccc(CCNCc2ccc(F)cc2)cc1N. The summed E-state index contributed by atoms with van der Waals surface area (Å²) in [5.41, 5.74) is 8.85. The van der Waals surface area contributed by atoms with E-state index in [1.807, 2.05) is 25.1 Å². The third-order valence-electron chi connectivity index (χ3n) is 3.21. The van der Waals surface area contributed by atoms with Gasteiger partial charge in [0.25, 0.3) is 0 Å². The summed E-state index contributed by atoms with van der Waals surface area (Å²) in [6.07, 6.45) is 0.887. The first-order chi connectivity index (χ1) is 10.2. The molecule has 0 saturated heterocycles. The van der Waals surface area contributed by atoms with Crippen LogP contribution in [-0.2, 0) is 13.0 Å². The molecule has 2 aromatic rings. The zero-order chi connectivity index (χ0) is 15.1. The maximum absolute atomic E-state index is 12.8. The van der Waals surface area contributed by atoms with Gasteiger partial charge in [0.15, 0.2) is 0 Å². The normalized spacial score (nSPS) is 10.6. The highest BCUT2D eigenvalue weighted by Crippen LogP contribution is 2.22. The second-order valence-corrected chi connectivity index (χ2v) is 4.86. The molecular formula is C17H21FN2O. The Morgan fingerprint density at radius 1 is 1.10 bits per heavy atom. The Labute approximate surface area is 124 Å². The van der Waals surface area contributed by atoms with E-state index in [2.05, 4.69) is 5.32 Å². The van der Waals surface area contributed by atoms with Crippen molar-refractivity contribution in [3.63, 3.8) is 0 Å². The van der Waals surface area contributed by atoms with E-state index in [0.717, 1.165) is 30.8 Å². The average molecular weight is 288 g/mol. The van der Waals surface area contributed by atoms with Crippen LogP contribution in [0.5, 0.6) is 5.75 Å². The Kier molecular flexibility index (Phi) is 5.58.